The molecule has 0 bridgehead atoms. The second-order valence-electron chi connectivity index (χ2n) is 9.44. The summed E-state index contributed by atoms with van der Waals surface area (Å²) in [6.45, 7) is 0.383. The smallest absolute Gasteiger partial charge is 0.254 e. The van der Waals surface area contributed by atoms with E-state index in [1.807, 2.05) is 30.5 Å². The maximum Gasteiger partial charge on any atom is 0.254 e. The molecule has 1 amide bonds. The lowest BCUT2D eigenvalue weighted by atomic mass is 9.93. The fraction of sp³-hybridized carbons (Fsp3) is 0.379. The molecule has 0 atom stereocenters. The number of benzene rings is 2. The lowest BCUT2D eigenvalue weighted by Crippen LogP contribution is -2.36. The summed E-state index contributed by atoms with van der Waals surface area (Å²) in [7, 11) is 0. The summed E-state index contributed by atoms with van der Waals surface area (Å²) >= 11 is 1.67. The van der Waals surface area contributed by atoms with Gasteiger partial charge in [-0.05, 0) is 91.6 Å². The molecule has 1 aromatic heterocycles. The van der Waals surface area contributed by atoms with Crippen LogP contribution in [0.1, 0.15) is 76.9 Å². The minimum Gasteiger partial charge on any atom is -0.489 e. The number of ether oxygens (including phenoxy) is 1. The van der Waals surface area contributed by atoms with Crippen molar-refractivity contribution in [1.29, 1.82) is 0 Å². The first-order valence-corrected chi connectivity index (χ1v) is 13.4. The highest BCUT2D eigenvalue weighted by atomic mass is 32.1. The number of hydrogen-bond donors (Lipinski definition) is 1. The van der Waals surface area contributed by atoms with Crippen LogP contribution < -0.4 is 10.1 Å². The van der Waals surface area contributed by atoms with Crippen LogP contribution >= 0.6 is 11.3 Å². The molecule has 6 heteroatoms. The maximum atomic E-state index is 13.3. The molecule has 0 unspecified atom stereocenters. The van der Waals surface area contributed by atoms with Crippen molar-refractivity contribution in [1.82, 2.24) is 5.32 Å². The highest BCUT2D eigenvalue weighted by Gasteiger charge is 2.27. The van der Waals surface area contributed by atoms with Gasteiger partial charge in [-0.2, -0.15) is 0 Å². The standard InChI is InChI=1S/C29H31FN2O2S/c30-22-14-10-21(11-15-22)19-34-24-16-12-20(13-17-24)18-31-29-27(25-8-4-5-9-26(25)35-29)28(33)32-23-6-2-1-3-7-23/h10-18,23H,1-9,19H2,(H,32,33). The number of nitrogens with zero attached hydrogens (tertiary/aromatic N) is 1. The van der Waals surface area contributed by atoms with Crippen LogP contribution in [-0.4, -0.2) is 18.2 Å². The van der Waals surface area contributed by atoms with Gasteiger partial charge in [0, 0.05) is 17.1 Å². The summed E-state index contributed by atoms with van der Waals surface area (Å²) < 4.78 is 18.9. The molecular weight excluding hydrogens is 459 g/mol. The van der Waals surface area contributed by atoms with Gasteiger partial charge in [0.1, 0.15) is 23.2 Å². The Hall–Kier alpha value is -2.99. The molecule has 1 heterocycles. The largest absolute Gasteiger partial charge is 0.489 e. The molecule has 0 saturated heterocycles. The normalized spacial score (nSPS) is 16.3. The average Bonchev–Trinajstić information content (AvgIpc) is 3.27. The topological polar surface area (TPSA) is 50.7 Å². The molecular formula is C29H31FN2O2S. The van der Waals surface area contributed by atoms with E-state index in [-0.39, 0.29) is 17.8 Å². The molecule has 35 heavy (non-hydrogen) atoms. The van der Waals surface area contributed by atoms with Crippen LogP contribution in [0.2, 0.25) is 0 Å². The minimum atomic E-state index is -0.251. The maximum absolute atomic E-state index is 13.3. The predicted octanol–water partition coefficient (Wildman–Crippen LogP) is 7.16. The minimum absolute atomic E-state index is 0.0491. The quantitative estimate of drug-likeness (QED) is 0.357. The molecule has 1 N–H and O–H groups in total. The van der Waals surface area contributed by atoms with E-state index in [2.05, 4.69) is 5.32 Å². The van der Waals surface area contributed by atoms with Crippen LogP contribution in [0.4, 0.5) is 9.39 Å². The van der Waals surface area contributed by atoms with E-state index in [1.165, 1.54) is 48.3 Å². The highest BCUT2D eigenvalue weighted by Crippen LogP contribution is 2.40. The Balaban J connectivity index is 1.28. The predicted molar refractivity (Wildman–Crippen MR) is 140 cm³/mol. The van der Waals surface area contributed by atoms with Gasteiger partial charge in [-0.25, -0.2) is 9.38 Å². The number of nitrogens with one attached hydrogen (secondary N) is 1. The van der Waals surface area contributed by atoms with E-state index in [9.17, 15) is 9.18 Å². The summed E-state index contributed by atoms with van der Waals surface area (Å²) in [6.07, 6.45) is 12.0. The van der Waals surface area contributed by atoms with Gasteiger partial charge < -0.3 is 10.1 Å². The molecule has 4 nitrogen and oxygen atoms in total. The summed E-state index contributed by atoms with van der Waals surface area (Å²) in [6, 6.07) is 14.3. The van der Waals surface area contributed by atoms with Crippen molar-refractivity contribution in [3.05, 3.63) is 81.5 Å². The van der Waals surface area contributed by atoms with Gasteiger partial charge in [0.2, 0.25) is 0 Å². The first kappa shape index (κ1) is 23.7. The summed E-state index contributed by atoms with van der Waals surface area (Å²) in [5.41, 5.74) is 3.87. The second kappa shape index (κ2) is 11.2. The number of halogens is 1. The molecule has 3 aromatic rings. The van der Waals surface area contributed by atoms with Crippen molar-refractivity contribution in [3.63, 3.8) is 0 Å². The monoisotopic (exact) mass is 490 g/mol. The Morgan fingerprint density at radius 3 is 2.51 bits per heavy atom. The second-order valence-corrected chi connectivity index (χ2v) is 10.5. The molecule has 0 aliphatic heterocycles. The van der Waals surface area contributed by atoms with E-state index < -0.39 is 0 Å². The Morgan fingerprint density at radius 2 is 1.74 bits per heavy atom. The third-order valence-corrected chi connectivity index (χ3v) is 8.05. The molecule has 5 rings (SSSR count). The van der Waals surface area contributed by atoms with Gasteiger partial charge in [0.05, 0.1) is 5.56 Å². The number of carbonyl (C=O) groups excluding carboxylic acids is 1. The third-order valence-electron chi connectivity index (χ3n) is 6.85. The van der Waals surface area contributed by atoms with Crippen molar-refractivity contribution in [2.24, 2.45) is 4.99 Å². The number of thiophene rings is 1. The molecule has 0 spiro atoms. The Labute approximate surface area is 210 Å². The first-order valence-electron chi connectivity index (χ1n) is 12.6. The zero-order chi connectivity index (χ0) is 24.0. The lowest BCUT2D eigenvalue weighted by Gasteiger charge is -2.23. The van der Waals surface area contributed by atoms with Gasteiger partial charge in [0.25, 0.3) is 5.91 Å². The first-order chi connectivity index (χ1) is 17.2. The van der Waals surface area contributed by atoms with Gasteiger partial charge in [-0.3, -0.25) is 4.79 Å². The fourth-order valence-electron chi connectivity index (χ4n) is 4.91. The zero-order valence-corrected chi connectivity index (χ0v) is 20.7. The summed E-state index contributed by atoms with van der Waals surface area (Å²) in [5, 5.41) is 4.13. The molecule has 1 fully saturated rings. The molecule has 0 radical (unpaired) electrons. The van der Waals surface area contributed by atoms with Crippen molar-refractivity contribution in [3.8, 4) is 5.75 Å². The van der Waals surface area contributed by atoms with Crippen LogP contribution in [0.25, 0.3) is 0 Å². The van der Waals surface area contributed by atoms with E-state index in [1.54, 1.807) is 23.5 Å². The SMILES string of the molecule is O=C(NC1CCCCC1)c1c(N=Cc2ccc(OCc3ccc(F)cc3)cc2)sc2c1CCCC2. The molecule has 2 aliphatic carbocycles. The number of hydrogen-bond acceptors (Lipinski definition) is 4. The van der Waals surface area contributed by atoms with Crippen LogP contribution in [-0.2, 0) is 19.4 Å². The molecule has 182 valence electrons. The Morgan fingerprint density at radius 1 is 1.00 bits per heavy atom. The van der Waals surface area contributed by atoms with Gasteiger partial charge in [0.15, 0.2) is 0 Å². The van der Waals surface area contributed by atoms with Crippen molar-refractivity contribution in [2.75, 3.05) is 0 Å². The van der Waals surface area contributed by atoms with Crippen LogP contribution in [0.5, 0.6) is 5.75 Å². The van der Waals surface area contributed by atoms with E-state index >= 15 is 0 Å². The van der Waals surface area contributed by atoms with E-state index in [0.29, 0.717) is 6.61 Å². The highest BCUT2D eigenvalue weighted by molar-refractivity contribution is 7.16. The number of amides is 1. The van der Waals surface area contributed by atoms with Crippen molar-refractivity contribution in [2.45, 2.75) is 70.4 Å². The summed E-state index contributed by atoms with van der Waals surface area (Å²) in [5.74, 6) is 0.539. The van der Waals surface area contributed by atoms with E-state index in [0.717, 1.165) is 59.5 Å². The number of aliphatic imine (C=N–C) groups is 1. The van der Waals surface area contributed by atoms with Gasteiger partial charge in [-0.15, -0.1) is 11.3 Å². The van der Waals surface area contributed by atoms with Gasteiger partial charge in [-0.1, -0.05) is 31.4 Å². The number of rotatable bonds is 7. The lowest BCUT2D eigenvalue weighted by molar-refractivity contribution is 0.0927. The van der Waals surface area contributed by atoms with E-state index in [4.69, 9.17) is 9.73 Å². The van der Waals surface area contributed by atoms with Crippen LogP contribution in [0.15, 0.2) is 53.5 Å². The van der Waals surface area contributed by atoms with Crippen LogP contribution in [0.3, 0.4) is 0 Å². The fourth-order valence-corrected chi connectivity index (χ4v) is 6.14. The molecule has 2 aliphatic rings. The van der Waals surface area contributed by atoms with Crippen molar-refractivity contribution >= 4 is 28.5 Å². The zero-order valence-electron chi connectivity index (χ0n) is 19.9. The third kappa shape index (κ3) is 5.99. The van der Waals surface area contributed by atoms with Gasteiger partial charge >= 0.3 is 0 Å². The molecule has 2 aromatic carbocycles. The van der Waals surface area contributed by atoms with Crippen molar-refractivity contribution < 1.29 is 13.9 Å². The molecule has 1 saturated carbocycles. The number of fused-ring (bicyclic) bond motifs is 1. The number of carbonyl (C=O) groups is 1. The summed E-state index contributed by atoms with van der Waals surface area (Å²) in [4.78, 5) is 19.4. The Bertz CT molecular complexity index is 1180. The average molecular weight is 491 g/mol. The van der Waals surface area contributed by atoms with Crippen LogP contribution in [0, 0.1) is 5.82 Å². The Kier molecular flexibility index (Phi) is 7.57. The number of aryl methyl sites for hydroxylation is 1.